The van der Waals surface area contributed by atoms with E-state index >= 15 is 0 Å². The van der Waals surface area contributed by atoms with Gasteiger partial charge in [0.25, 0.3) is 0 Å². The van der Waals surface area contributed by atoms with E-state index in [-0.39, 0.29) is 12.6 Å². The fourth-order valence-corrected chi connectivity index (χ4v) is 2.99. The van der Waals surface area contributed by atoms with Gasteiger partial charge >= 0.3 is 0 Å². The number of piperazine rings is 1. The first-order valence-corrected chi connectivity index (χ1v) is 6.98. The van der Waals surface area contributed by atoms with E-state index in [1.165, 1.54) is 0 Å². The van der Waals surface area contributed by atoms with Crippen molar-refractivity contribution < 1.29 is 5.11 Å². The summed E-state index contributed by atoms with van der Waals surface area (Å²) in [5.41, 5.74) is 1.09. The standard InChI is InChI=1S/C13H18Cl2N2O/c14-11-7-10(8-12(15)9-11)13(1-6-18)17-4-2-16-3-5-17/h7-9,13,16,18H,1-6H2/t13-/m0/s1. The summed E-state index contributed by atoms with van der Waals surface area (Å²) >= 11 is 12.1. The van der Waals surface area contributed by atoms with Gasteiger partial charge in [0.2, 0.25) is 0 Å². The third kappa shape index (κ3) is 3.59. The molecule has 3 nitrogen and oxygen atoms in total. The highest BCUT2D eigenvalue weighted by atomic mass is 35.5. The Hall–Kier alpha value is -0.320. The molecule has 0 saturated carbocycles. The lowest BCUT2D eigenvalue weighted by Crippen LogP contribution is -2.45. The van der Waals surface area contributed by atoms with Crippen LogP contribution in [-0.4, -0.2) is 42.8 Å². The van der Waals surface area contributed by atoms with Gasteiger partial charge in [-0.1, -0.05) is 23.2 Å². The van der Waals surface area contributed by atoms with Gasteiger partial charge in [0.05, 0.1) is 0 Å². The molecule has 5 heteroatoms. The molecule has 1 heterocycles. The molecule has 1 aliphatic rings. The number of halogens is 2. The molecule has 0 aromatic heterocycles. The summed E-state index contributed by atoms with van der Waals surface area (Å²) in [6.45, 7) is 4.09. The zero-order chi connectivity index (χ0) is 13.0. The van der Waals surface area contributed by atoms with Gasteiger partial charge in [0.1, 0.15) is 0 Å². The van der Waals surface area contributed by atoms with Crippen molar-refractivity contribution >= 4 is 23.2 Å². The zero-order valence-electron chi connectivity index (χ0n) is 10.2. The third-order valence-corrected chi connectivity index (χ3v) is 3.70. The van der Waals surface area contributed by atoms with Crippen molar-refractivity contribution in [2.24, 2.45) is 0 Å². The molecule has 2 rings (SSSR count). The molecular weight excluding hydrogens is 271 g/mol. The van der Waals surface area contributed by atoms with Gasteiger partial charge in [-0.25, -0.2) is 0 Å². The molecule has 0 radical (unpaired) electrons. The molecule has 1 aromatic rings. The Labute approximate surface area is 118 Å². The number of aliphatic hydroxyl groups is 1. The van der Waals surface area contributed by atoms with E-state index in [0.717, 1.165) is 31.7 Å². The monoisotopic (exact) mass is 288 g/mol. The molecule has 0 aliphatic carbocycles. The molecule has 1 aromatic carbocycles. The Bertz CT molecular complexity index is 374. The van der Waals surface area contributed by atoms with Crippen LogP contribution >= 0.6 is 23.2 Å². The Balaban J connectivity index is 2.22. The Kier molecular flexibility index (Phi) is 5.27. The molecule has 0 spiro atoms. The average Bonchev–Trinajstić information content (AvgIpc) is 2.36. The smallest absolute Gasteiger partial charge is 0.0449 e. The topological polar surface area (TPSA) is 35.5 Å². The van der Waals surface area contributed by atoms with Crippen LogP contribution in [0.25, 0.3) is 0 Å². The summed E-state index contributed by atoms with van der Waals surface area (Å²) < 4.78 is 0. The molecular formula is C13H18Cl2N2O. The van der Waals surface area contributed by atoms with Gasteiger partial charge in [0, 0.05) is 48.9 Å². The van der Waals surface area contributed by atoms with Gasteiger partial charge in [-0.15, -0.1) is 0 Å². The Morgan fingerprint density at radius 2 is 1.78 bits per heavy atom. The van der Waals surface area contributed by atoms with Crippen molar-refractivity contribution in [3.8, 4) is 0 Å². The van der Waals surface area contributed by atoms with Crippen LogP contribution in [0.4, 0.5) is 0 Å². The molecule has 2 N–H and O–H groups in total. The maximum atomic E-state index is 9.26. The summed E-state index contributed by atoms with van der Waals surface area (Å²) in [6.07, 6.45) is 0.705. The Morgan fingerprint density at radius 3 is 2.33 bits per heavy atom. The zero-order valence-corrected chi connectivity index (χ0v) is 11.7. The van der Waals surface area contributed by atoms with Crippen LogP contribution < -0.4 is 5.32 Å². The van der Waals surface area contributed by atoms with E-state index in [4.69, 9.17) is 23.2 Å². The van der Waals surface area contributed by atoms with Gasteiger partial charge in [-0.05, 0) is 30.2 Å². The highest BCUT2D eigenvalue weighted by Gasteiger charge is 2.22. The maximum absolute atomic E-state index is 9.26. The lowest BCUT2D eigenvalue weighted by molar-refractivity contribution is 0.141. The van der Waals surface area contributed by atoms with Gasteiger partial charge in [-0.3, -0.25) is 4.90 Å². The summed E-state index contributed by atoms with van der Waals surface area (Å²) in [5, 5.41) is 13.9. The van der Waals surface area contributed by atoms with Crippen LogP contribution in [-0.2, 0) is 0 Å². The van der Waals surface area contributed by atoms with Crippen LogP contribution in [0.3, 0.4) is 0 Å². The second-order valence-electron chi connectivity index (χ2n) is 4.52. The predicted molar refractivity (Wildman–Crippen MR) is 75.3 cm³/mol. The van der Waals surface area contributed by atoms with Crippen molar-refractivity contribution in [2.45, 2.75) is 12.5 Å². The summed E-state index contributed by atoms with van der Waals surface area (Å²) in [5.74, 6) is 0. The van der Waals surface area contributed by atoms with Crippen molar-refractivity contribution in [3.05, 3.63) is 33.8 Å². The first-order valence-electron chi connectivity index (χ1n) is 6.22. The molecule has 100 valence electrons. The van der Waals surface area contributed by atoms with Crippen molar-refractivity contribution in [1.82, 2.24) is 10.2 Å². The molecule has 1 saturated heterocycles. The van der Waals surface area contributed by atoms with E-state index in [1.54, 1.807) is 6.07 Å². The minimum absolute atomic E-state index is 0.165. The molecule has 0 bridgehead atoms. The fourth-order valence-electron chi connectivity index (χ4n) is 2.44. The van der Waals surface area contributed by atoms with E-state index in [1.807, 2.05) is 12.1 Å². The van der Waals surface area contributed by atoms with E-state index < -0.39 is 0 Å². The minimum atomic E-state index is 0.165. The lowest BCUT2D eigenvalue weighted by atomic mass is 10.0. The van der Waals surface area contributed by atoms with Crippen molar-refractivity contribution in [1.29, 1.82) is 0 Å². The number of hydrogen-bond acceptors (Lipinski definition) is 3. The second-order valence-corrected chi connectivity index (χ2v) is 5.39. The first kappa shape index (κ1) is 14.1. The minimum Gasteiger partial charge on any atom is -0.396 e. The molecule has 1 atom stereocenters. The SMILES string of the molecule is OCC[C@@H](c1cc(Cl)cc(Cl)c1)N1CCNCC1. The quantitative estimate of drug-likeness (QED) is 0.893. The summed E-state index contributed by atoms with van der Waals surface area (Å²) in [7, 11) is 0. The number of aliphatic hydroxyl groups excluding tert-OH is 1. The highest BCUT2D eigenvalue weighted by molar-refractivity contribution is 6.34. The number of rotatable bonds is 4. The van der Waals surface area contributed by atoms with Crippen LogP contribution in [0.15, 0.2) is 18.2 Å². The third-order valence-electron chi connectivity index (χ3n) is 3.26. The molecule has 1 fully saturated rings. The number of hydrogen-bond donors (Lipinski definition) is 2. The van der Waals surface area contributed by atoms with E-state index in [2.05, 4.69) is 10.2 Å². The van der Waals surface area contributed by atoms with Crippen molar-refractivity contribution in [3.63, 3.8) is 0 Å². The Morgan fingerprint density at radius 1 is 1.17 bits per heavy atom. The highest BCUT2D eigenvalue weighted by Crippen LogP contribution is 2.29. The predicted octanol–water partition coefficient (Wildman–Crippen LogP) is 2.32. The lowest BCUT2D eigenvalue weighted by Gasteiger charge is -2.35. The largest absolute Gasteiger partial charge is 0.396 e. The van der Waals surface area contributed by atoms with Crippen LogP contribution in [0.5, 0.6) is 0 Å². The number of nitrogens with one attached hydrogen (secondary N) is 1. The van der Waals surface area contributed by atoms with Crippen LogP contribution in [0.2, 0.25) is 10.0 Å². The molecule has 0 amide bonds. The average molecular weight is 289 g/mol. The fraction of sp³-hybridized carbons (Fsp3) is 0.538. The number of nitrogens with zero attached hydrogens (tertiary/aromatic N) is 1. The van der Waals surface area contributed by atoms with Crippen LogP contribution in [0.1, 0.15) is 18.0 Å². The molecule has 18 heavy (non-hydrogen) atoms. The van der Waals surface area contributed by atoms with Gasteiger partial charge in [-0.2, -0.15) is 0 Å². The van der Waals surface area contributed by atoms with E-state index in [9.17, 15) is 5.11 Å². The molecule has 1 aliphatic heterocycles. The number of benzene rings is 1. The maximum Gasteiger partial charge on any atom is 0.0449 e. The van der Waals surface area contributed by atoms with Crippen LogP contribution in [0, 0.1) is 0 Å². The van der Waals surface area contributed by atoms with Crippen molar-refractivity contribution in [2.75, 3.05) is 32.8 Å². The first-order chi connectivity index (χ1) is 8.70. The summed E-state index contributed by atoms with van der Waals surface area (Å²) in [6, 6.07) is 5.81. The van der Waals surface area contributed by atoms with Gasteiger partial charge in [0.15, 0.2) is 0 Å². The van der Waals surface area contributed by atoms with E-state index in [0.29, 0.717) is 16.5 Å². The molecule has 0 unspecified atom stereocenters. The second kappa shape index (κ2) is 6.73. The normalized spacial score (nSPS) is 18.8. The summed E-state index contributed by atoms with van der Waals surface area (Å²) in [4.78, 5) is 2.37. The van der Waals surface area contributed by atoms with Gasteiger partial charge < -0.3 is 10.4 Å².